The fourth-order valence-corrected chi connectivity index (χ4v) is 7.60. The van der Waals surface area contributed by atoms with Gasteiger partial charge in [-0.3, -0.25) is 24.0 Å². The minimum Gasteiger partial charge on any atom is -0.486 e. The molecule has 3 aromatic carbocycles. The van der Waals surface area contributed by atoms with E-state index < -0.39 is 41.7 Å². The third-order valence-corrected chi connectivity index (χ3v) is 10.4. The molecule has 2 amide bonds. The number of fused-ring (bicyclic) bond motifs is 13. The lowest BCUT2D eigenvalue weighted by molar-refractivity contribution is -0.145. The van der Waals surface area contributed by atoms with Crippen molar-refractivity contribution in [2.24, 2.45) is 11.8 Å². The molecule has 7 rings (SSSR count). The Hall–Kier alpha value is -5.09. The first kappa shape index (κ1) is 34.8. The number of hydrogen-bond donors (Lipinski definition) is 2. The summed E-state index contributed by atoms with van der Waals surface area (Å²) in [5.41, 5.74) is 3.59. The third-order valence-electron chi connectivity index (χ3n) is 9.50. The van der Waals surface area contributed by atoms with Crippen LogP contribution in [0.5, 0.6) is 5.75 Å². The molecule has 2 bridgehead atoms. The molecule has 4 heterocycles. The normalized spacial score (nSPS) is 22.2. The van der Waals surface area contributed by atoms with Gasteiger partial charge in [0.05, 0.1) is 12.0 Å². The monoisotopic (exact) mass is 692 g/mol. The molecule has 0 radical (unpaired) electrons. The van der Waals surface area contributed by atoms with Crippen molar-refractivity contribution in [1.82, 2.24) is 10.2 Å². The van der Waals surface area contributed by atoms with E-state index in [0.29, 0.717) is 37.1 Å². The van der Waals surface area contributed by atoms with Crippen molar-refractivity contribution < 1.29 is 33.8 Å². The number of ketones is 2. The maximum atomic E-state index is 14.4. The van der Waals surface area contributed by atoms with E-state index >= 15 is 0 Å². The zero-order chi connectivity index (χ0) is 35.0. The van der Waals surface area contributed by atoms with Crippen LogP contribution >= 0.6 is 11.3 Å². The van der Waals surface area contributed by atoms with Crippen LogP contribution in [0.3, 0.4) is 0 Å². The summed E-state index contributed by atoms with van der Waals surface area (Å²) < 4.78 is 5.75. The summed E-state index contributed by atoms with van der Waals surface area (Å²) >= 11 is 1.49. The Morgan fingerprint density at radius 3 is 2.28 bits per heavy atom. The van der Waals surface area contributed by atoms with Crippen molar-refractivity contribution in [2.45, 2.75) is 57.0 Å². The highest BCUT2D eigenvalue weighted by Gasteiger charge is 2.39. The highest BCUT2D eigenvalue weighted by Crippen LogP contribution is 2.27. The molecule has 4 atom stereocenters. The van der Waals surface area contributed by atoms with Gasteiger partial charge in [0.15, 0.2) is 11.6 Å². The Morgan fingerprint density at radius 2 is 1.58 bits per heavy atom. The quantitative estimate of drug-likeness (QED) is 0.271. The van der Waals surface area contributed by atoms with Crippen LogP contribution in [0.25, 0.3) is 11.1 Å². The predicted molar refractivity (Wildman–Crippen MR) is 190 cm³/mol. The predicted octanol–water partition coefficient (Wildman–Crippen LogP) is 5.55. The topological polar surface area (TPSA) is 130 Å². The fourth-order valence-electron chi connectivity index (χ4n) is 6.81. The van der Waals surface area contributed by atoms with E-state index in [0.717, 1.165) is 21.6 Å². The maximum Gasteiger partial charge on any atom is 0.307 e. The van der Waals surface area contributed by atoms with Crippen LogP contribution in [0.2, 0.25) is 0 Å². The lowest BCUT2D eigenvalue weighted by Crippen LogP contribution is -2.54. The molecule has 2 N–H and O–H groups in total. The number of thiophene rings is 1. The van der Waals surface area contributed by atoms with Gasteiger partial charge in [0.1, 0.15) is 18.4 Å². The molecule has 3 aliphatic rings. The van der Waals surface area contributed by atoms with Gasteiger partial charge in [0.25, 0.3) is 0 Å². The summed E-state index contributed by atoms with van der Waals surface area (Å²) in [6.45, 7) is 0.0770. The van der Waals surface area contributed by atoms with Gasteiger partial charge in [-0.05, 0) is 71.5 Å². The molecule has 1 saturated heterocycles. The van der Waals surface area contributed by atoms with Crippen LogP contribution in [-0.2, 0) is 43.2 Å². The van der Waals surface area contributed by atoms with Gasteiger partial charge in [-0.1, -0.05) is 72.8 Å². The average molecular weight is 693 g/mol. The second-order valence-electron chi connectivity index (χ2n) is 13.1. The van der Waals surface area contributed by atoms with Crippen molar-refractivity contribution in [3.63, 3.8) is 0 Å². The summed E-state index contributed by atoms with van der Waals surface area (Å²) in [5, 5.41) is 14.9. The molecule has 0 saturated carbocycles. The number of carbonyl (C=O) groups excluding carboxylic acids is 4. The SMILES string of the molecule is O=C1COc2ccc(cc2)C[C@@H](C(=O)O)CC(=O)[C@@H]2CCCN2C(=O)[C@H](Cc2ccc(-c3ccccc3)cc2)NC(=O)[C@H](Cc2cccs2)C1. The van der Waals surface area contributed by atoms with E-state index in [1.165, 1.54) is 16.2 Å². The molecule has 10 heteroatoms. The molecular formula is C40H40N2O7S. The van der Waals surface area contributed by atoms with Gasteiger partial charge >= 0.3 is 5.97 Å². The molecule has 0 unspecified atom stereocenters. The largest absolute Gasteiger partial charge is 0.486 e. The van der Waals surface area contributed by atoms with Gasteiger partial charge < -0.3 is 20.1 Å². The average Bonchev–Trinajstić information content (AvgIpc) is 3.83. The number of nitrogens with zero attached hydrogens (tertiary/aromatic N) is 1. The van der Waals surface area contributed by atoms with E-state index in [4.69, 9.17) is 4.74 Å². The Kier molecular flexibility index (Phi) is 11.2. The zero-order valence-corrected chi connectivity index (χ0v) is 28.5. The molecule has 3 aliphatic heterocycles. The third kappa shape index (κ3) is 8.73. The second kappa shape index (κ2) is 16.1. The van der Waals surface area contributed by atoms with Gasteiger partial charge in [0.2, 0.25) is 11.8 Å². The van der Waals surface area contributed by atoms with Gasteiger partial charge in [0, 0.05) is 36.6 Å². The summed E-state index contributed by atoms with van der Waals surface area (Å²) in [5.74, 6) is -3.78. The Bertz CT molecular complexity index is 1810. The van der Waals surface area contributed by atoms with Crippen LogP contribution in [0.4, 0.5) is 0 Å². The molecule has 4 aromatic rings. The van der Waals surface area contributed by atoms with Crippen molar-refractivity contribution in [3.05, 3.63) is 112 Å². The Morgan fingerprint density at radius 1 is 0.840 bits per heavy atom. The van der Waals surface area contributed by atoms with Crippen LogP contribution in [-0.4, -0.2) is 64.6 Å². The van der Waals surface area contributed by atoms with Crippen LogP contribution in [0.1, 0.15) is 41.7 Å². The van der Waals surface area contributed by atoms with E-state index in [-0.39, 0.29) is 43.9 Å². The number of aliphatic carboxylic acids is 1. The molecule has 1 fully saturated rings. The van der Waals surface area contributed by atoms with Gasteiger partial charge in [-0.15, -0.1) is 11.3 Å². The number of carboxylic acids is 1. The summed E-state index contributed by atoms with van der Waals surface area (Å²) in [4.78, 5) is 70.1. The minimum absolute atomic E-state index is 0.0837. The summed E-state index contributed by atoms with van der Waals surface area (Å²) in [6, 6.07) is 26.5. The van der Waals surface area contributed by atoms with Crippen LogP contribution in [0.15, 0.2) is 96.4 Å². The minimum atomic E-state index is -1.09. The Balaban J connectivity index is 1.31. The van der Waals surface area contributed by atoms with Crippen molar-refractivity contribution in [2.75, 3.05) is 13.2 Å². The first-order chi connectivity index (χ1) is 24.2. The summed E-state index contributed by atoms with van der Waals surface area (Å²) in [7, 11) is 0. The summed E-state index contributed by atoms with van der Waals surface area (Å²) in [6.07, 6.45) is 1.32. The van der Waals surface area contributed by atoms with Gasteiger partial charge in [-0.25, -0.2) is 0 Å². The number of amides is 2. The highest BCUT2D eigenvalue weighted by atomic mass is 32.1. The molecule has 1 aromatic heterocycles. The van der Waals surface area contributed by atoms with Gasteiger partial charge in [-0.2, -0.15) is 0 Å². The first-order valence-corrected chi connectivity index (χ1v) is 17.9. The number of rotatable bonds is 6. The lowest BCUT2D eigenvalue weighted by atomic mass is 9.91. The number of carbonyl (C=O) groups is 5. The number of benzene rings is 3. The molecule has 50 heavy (non-hydrogen) atoms. The molecule has 0 spiro atoms. The molecule has 0 aliphatic carbocycles. The van der Waals surface area contributed by atoms with Crippen LogP contribution < -0.4 is 10.1 Å². The number of ether oxygens (including phenoxy) is 1. The molecular weight excluding hydrogens is 653 g/mol. The van der Waals surface area contributed by atoms with E-state index in [9.17, 15) is 29.1 Å². The standard InChI is InChI=1S/C40H40N2O7S/c43-32-22-30(23-34-8-5-19-50-34)38(45)41-35(21-27-10-14-29(15-11-27)28-6-2-1-3-7-28)39(46)42-18-4-9-36(42)37(44)24-31(40(47)48)20-26-12-16-33(17-13-26)49-25-32/h1-3,5-8,10-17,19,30-31,35-36H,4,9,18,20-25H2,(H,41,45)(H,47,48)/t30-,31+,35-,36-/m0/s1. The van der Waals surface area contributed by atoms with Crippen molar-refractivity contribution >= 4 is 40.7 Å². The number of carboxylic acid groups (broad SMARTS) is 1. The maximum absolute atomic E-state index is 14.4. The smallest absolute Gasteiger partial charge is 0.307 e. The Labute approximate surface area is 295 Å². The van der Waals surface area contributed by atoms with E-state index in [2.05, 4.69) is 5.32 Å². The van der Waals surface area contributed by atoms with E-state index in [1.807, 2.05) is 72.1 Å². The fraction of sp³-hybridized carbons (Fsp3) is 0.325. The van der Waals surface area contributed by atoms with Crippen LogP contribution in [0, 0.1) is 11.8 Å². The highest BCUT2D eigenvalue weighted by molar-refractivity contribution is 7.09. The molecule has 258 valence electrons. The van der Waals surface area contributed by atoms with Crippen molar-refractivity contribution in [3.8, 4) is 16.9 Å². The number of Topliss-reactive ketones (excluding diaryl/α,β-unsaturated/α-hetero) is 2. The first-order valence-electron chi connectivity index (χ1n) is 17.0. The van der Waals surface area contributed by atoms with E-state index in [1.54, 1.807) is 24.3 Å². The lowest BCUT2D eigenvalue weighted by Gasteiger charge is -2.30. The number of nitrogens with one attached hydrogen (secondary N) is 1. The molecule has 9 nitrogen and oxygen atoms in total. The number of hydrogen-bond acceptors (Lipinski definition) is 7. The van der Waals surface area contributed by atoms with Crippen molar-refractivity contribution in [1.29, 1.82) is 0 Å². The second-order valence-corrected chi connectivity index (χ2v) is 14.1. The zero-order valence-electron chi connectivity index (χ0n) is 27.7.